The average Bonchev–Trinajstić information content (AvgIpc) is 2.41. The molecule has 0 amide bonds. The van der Waals surface area contributed by atoms with Gasteiger partial charge in [-0.25, -0.2) is 21.9 Å². The summed E-state index contributed by atoms with van der Waals surface area (Å²) in [7, 11) is -3.83. The van der Waals surface area contributed by atoms with Crippen molar-refractivity contribution in [2.45, 2.75) is 36.7 Å². The van der Waals surface area contributed by atoms with E-state index in [4.69, 9.17) is 0 Å². The minimum atomic E-state index is -3.83. The Hall–Kier alpha value is -1.05. The quantitative estimate of drug-likeness (QED) is 0.891. The molecule has 1 aromatic carbocycles. The molecule has 0 atom stereocenters. The van der Waals surface area contributed by atoms with Gasteiger partial charge in [-0.3, -0.25) is 0 Å². The van der Waals surface area contributed by atoms with Crippen LogP contribution < -0.4 is 4.72 Å². The van der Waals surface area contributed by atoms with Gasteiger partial charge in [-0.1, -0.05) is 0 Å². The van der Waals surface area contributed by atoms with Gasteiger partial charge in [0, 0.05) is 6.54 Å². The molecule has 0 radical (unpaired) electrons. The standard InChI is InChI=1S/C13H17F2NO3S/c14-12-6-5-11(7-13(12)15)20(18,19)16-8-9-1-3-10(17)4-2-9/h5-7,9-10,16-17H,1-4,8H2. The van der Waals surface area contributed by atoms with Crippen molar-refractivity contribution in [2.75, 3.05) is 6.54 Å². The number of halogens is 2. The van der Waals surface area contributed by atoms with Gasteiger partial charge in [-0.05, 0) is 49.8 Å². The summed E-state index contributed by atoms with van der Waals surface area (Å²) in [4.78, 5) is -0.285. The van der Waals surface area contributed by atoms with E-state index < -0.39 is 21.7 Å². The van der Waals surface area contributed by atoms with Crippen LogP contribution in [0.15, 0.2) is 23.1 Å². The fraction of sp³-hybridized carbons (Fsp3) is 0.538. The van der Waals surface area contributed by atoms with Crippen molar-refractivity contribution in [1.82, 2.24) is 4.72 Å². The number of nitrogens with one attached hydrogen (secondary N) is 1. The number of hydrogen-bond acceptors (Lipinski definition) is 3. The molecule has 1 aliphatic carbocycles. The Morgan fingerprint density at radius 1 is 1.15 bits per heavy atom. The minimum Gasteiger partial charge on any atom is -0.393 e. The highest BCUT2D eigenvalue weighted by molar-refractivity contribution is 7.89. The molecule has 0 aliphatic heterocycles. The molecule has 0 heterocycles. The van der Waals surface area contributed by atoms with Crippen LogP contribution in [0.5, 0.6) is 0 Å². The van der Waals surface area contributed by atoms with Gasteiger partial charge in [-0.15, -0.1) is 0 Å². The molecule has 20 heavy (non-hydrogen) atoms. The number of aliphatic hydroxyl groups excluding tert-OH is 1. The zero-order chi connectivity index (χ0) is 14.8. The third-order valence-corrected chi connectivity index (χ3v) is 5.00. The predicted octanol–water partition coefficient (Wildman–Crippen LogP) is 1.79. The molecule has 4 nitrogen and oxygen atoms in total. The molecule has 1 fully saturated rings. The molecular weight excluding hydrogens is 288 g/mol. The van der Waals surface area contributed by atoms with Gasteiger partial charge in [0.25, 0.3) is 0 Å². The first-order valence-corrected chi connectivity index (χ1v) is 7.99. The van der Waals surface area contributed by atoms with Crippen molar-refractivity contribution in [3.05, 3.63) is 29.8 Å². The van der Waals surface area contributed by atoms with Crippen LogP contribution in [0.1, 0.15) is 25.7 Å². The van der Waals surface area contributed by atoms with E-state index in [2.05, 4.69) is 4.72 Å². The van der Waals surface area contributed by atoms with Gasteiger partial charge in [0.15, 0.2) is 11.6 Å². The number of hydrogen-bond donors (Lipinski definition) is 2. The molecule has 0 saturated heterocycles. The highest BCUT2D eigenvalue weighted by Crippen LogP contribution is 2.24. The Morgan fingerprint density at radius 2 is 1.80 bits per heavy atom. The molecule has 0 unspecified atom stereocenters. The van der Waals surface area contributed by atoms with E-state index in [1.807, 2.05) is 0 Å². The van der Waals surface area contributed by atoms with Crippen molar-refractivity contribution in [2.24, 2.45) is 5.92 Å². The van der Waals surface area contributed by atoms with Crippen LogP contribution in [0.3, 0.4) is 0 Å². The Morgan fingerprint density at radius 3 is 2.40 bits per heavy atom. The van der Waals surface area contributed by atoms with Gasteiger partial charge in [-0.2, -0.15) is 0 Å². The molecule has 0 bridgehead atoms. The van der Waals surface area contributed by atoms with E-state index >= 15 is 0 Å². The summed E-state index contributed by atoms with van der Waals surface area (Å²) in [5, 5.41) is 9.37. The molecule has 2 N–H and O–H groups in total. The summed E-state index contributed by atoms with van der Waals surface area (Å²) in [5.41, 5.74) is 0. The SMILES string of the molecule is O=S(=O)(NCC1CCC(O)CC1)c1ccc(F)c(F)c1. The Bertz CT molecular complexity index is 569. The monoisotopic (exact) mass is 305 g/mol. The summed E-state index contributed by atoms with van der Waals surface area (Å²) < 4.78 is 52.2. The molecule has 7 heteroatoms. The molecule has 0 aromatic heterocycles. The normalized spacial score (nSPS) is 23.8. The van der Waals surface area contributed by atoms with Gasteiger partial charge < -0.3 is 5.11 Å². The van der Waals surface area contributed by atoms with Crippen LogP contribution in [-0.2, 0) is 10.0 Å². The van der Waals surface area contributed by atoms with E-state index in [1.165, 1.54) is 0 Å². The zero-order valence-electron chi connectivity index (χ0n) is 10.9. The summed E-state index contributed by atoms with van der Waals surface area (Å²) >= 11 is 0. The first kappa shape index (κ1) is 15.3. The lowest BCUT2D eigenvalue weighted by atomic mass is 9.88. The summed E-state index contributed by atoms with van der Waals surface area (Å²) in [6.07, 6.45) is 2.53. The highest BCUT2D eigenvalue weighted by Gasteiger charge is 2.22. The zero-order valence-corrected chi connectivity index (χ0v) is 11.7. The average molecular weight is 305 g/mol. The fourth-order valence-electron chi connectivity index (χ4n) is 2.30. The third kappa shape index (κ3) is 3.74. The van der Waals surface area contributed by atoms with Crippen molar-refractivity contribution in [3.63, 3.8) is 0 Å². The van der Waals surface area contributed by atoms with Crippen LogP contribution in [-0.4, -0.2) is 26.2 Å². The van der Waals surface area contributed by atoms with Crippen molar-refractivity contribution < 1.29 is 22.3 Å². The van der Waals surface area contributed by atoms with Crippen molar-refractivity contribution in [3.8, 4) is 0 Å². The largest absolute Gasteiger partial charge is 0.393 e. The Labute approximate surface area is 116 Å². The second-order valence-corrected chi connectivity index (χ2v) is 6.87. The summed E-state index contributed by atoms with van der Waals surface area (Å²) in [5.74, 6) is -2.10. The van der Waals surface area contributed by atoms with Crippen molar-refractivity contribution in [1.29, 1.82) is 0 Å². The second-order valence-electron chi connectivity index (χ2n) is 5.10. The minimum absolute atomic E-state index is 0.165. The number of aliphatic hydroxyl groups is 1. The van der Waals surface area contributed by atoms with Crippen LogP contribution in [0, 0.1) is 17.6 Å². The maximum absolute atomic E-state index is 13.1. The van der Waals surface area contributed by atoms with E-state index in [9.17, 15) is 22.3 Å². The van der Waals surface area contributed by atoms with Gasteiger partial charge in [0.2, 0.25) is 10.0 Å². The smallest absolute Gasteiger partial charge is 0.240 e. The second kappa shape index (κ2) is 6.15. The molecule has 0 spiro atoms. The molecule has 2 rings (SSSR count). The topological polar surface area (TPSA) is 66.4 Å². The highest BCUT2D eigenvalue weighted by atomic mass is 32.2. The molecule has 1 saturated carbocycles. The van der Waals surface area contributed by atoms with Crippen LogP contribution in [0.25, 0.3) is 0 Å². The molecular formula is C13H17F2NO3S. The predicted molar refractivity (Wildman–Crippen MR) is 69.5 cm³/mol. The lowest BCUT2D eigenvalue weighted by Crippen LogP contribution is -2.32. The fourth-order valence-corrected chi connectivity index (χ4v) is 3.43. The van der Waals surface area contributed by atoms with E-state index in [0.717, 1.165) is 25.0 Å². The molecule has 1 aromatic rings. The summed E-state index contributed by atoms with van der Waals surface area (Å²) in [6.45, 7) is 0.244. The van der Waals surface area contributed by atoms with Gasteiger partial charge in [0.05, 0.1) is 11.0 Å². The van der Waals surface area contributed by atoms with Gasteiger partial charge >= 0.3 is 0 Å². The number of benzene rings is 1. The lowest BCUT2D eigenvalue weighted by molar-refractivity contribution is 0.109. The Kier molecular flexibility index (Phi) is 4.72. The first-order valence-electron chi connectivity index (χ1n) is 6.51. The van der Waals surface area contributed by atoms with Crippen LogP contribution in [0.4, 0.5) is 8.78 Å². The number of rotatable bonds is 4. The maximum Gasteiger partial charge on any atom is 0.240 e. The van der Waals surface area contributed by atoms with Crippen LogP contribution >= 0.6 is 0 Å². The maximum atomic E-state index is 13.1. The molecule has 112 valence electrons. The van der Waals surface area contributed by atoms with E-state index in [-0.39, 0.29) is 23.5 Å². The van der Waals surface area contributed by atoms with E-state index in [0.29, 0.717) is 18.9 Å². The molecule has 1 aliphatic rings. The van der Waals surface area contributed by atoms with Crippen LogP contribution in [0.2, 0.25) is 0 Å². The number of sulfonamides is 1. The third-order valence-electron chi connectivity index (χ3n) is 3.58. The first-order chi connectivity index (χ1) is 9.38. The van der Waals surface area contributed by atoms with E-state index in [1.54, 1.807) is 0 Å². The van der Waals surface area contributed by atoms with Gasteiger partial charge in [0.1, 0.15) is 0 Å². The summed E-state index contributed by atoms with van der Waals surface area (Å²) in [6, 6.07) is 2.49. The lowest BCUT2D eigenvalue weighted by Gasteiger charge is -2.25. The Balaban J connectivity index is 1.98. The van der Waals surface area contributed by atoms with Crippen molar-refractivity contribution >= 4 is 10.0 Å².